The third-order valence-electron chi connectivity index (χ3n) is 3.98. The number of sulfonamides is 1. The molecule has 8 heteroatoms. The Hall–Kier alpha value is -1.09. The third kappa shape index (κ3) is 4.47. The third-order valence-corrected chi connectivity index (χ3v) is 5.93. The Morgan fingerprint density at radius 1 is 1.00 bits per heavy atom. The minimum atomic E-state index is -4.15. The number of rotatable bonds is 7. The van der Waals surface area contributed by atoms with Gasteiger partial charge in [0.25, 0.3) is 0 Å². The molecule has 23 heavy (non-hydrogen) atoms. The predicted octanol–water partition coefficient (Wildman–Crippen LogP) is 1.43. The molecule has 5 nitrogen and oxygen atoms in total. The summed E-state index contributed by atoms with van der Waals surface area (Å²) in [7, 11) is -4.15. The minimum Gasteiger partial charge on any atom is -0.396 e. The van der Waals surface area contributed by atoms with Crippen molar-refractivity contribution in [2.45, 2.75) is 24.2 Å². The number of aliphatic hydroxyl groups is 1. The van der Waals surface area contributed by atoms with E-state index in [0.29, 0.717) is 13.1 Å². The molecule has 0 unspecified atom stereocenters. The number of hydrogen-bond donors (Lipinski definition) is 1. The first-order valence-electron chi connectivity index (χ1n) is 7.74. The summed E-state index contributed by atoms with van der Waals surface area (Å²) in [5.41, 5.74) is 0. The Labute approximate surface area is 135 Å². The van der Waals surface area contributed by atoms with Crippen LogP contribution in [0.4, 0.5) is 8.78 Å². The smallest absolute Gasteiger partial charge is 0.249 e. The second kappa shape index (κ2) is 8.14. The Kier molecular flexibility index (Phi) is 6.46. The average Bonchev–Trinajstić information content (AvgIpc) is 2.52. The van der Waals surface area contributed by atoms with Crippen LogP contribution in [-0.4, -0.2) is 62.1 Å². The number of nitrogens with zero attached hydrogens (tertiary/aromatic N) is 2. The molecule has 0 atom stereocenters. The van der Waals surface area contributed by atoms with Gasteiger partial charge in [-0.1, -0.05) is 6.07 Å². The fourth-order valence-electron chi connectivity index (χ4n) is 2.68. The van der Waals surface area contributed by atoms with E-state index >= 15 is 0 Å². The molecule has 0 amide bonds. The predicted molar refractivity (Wildman–Crippen MR) is 82.5 cm³/mol. The molecular formula is C15H22F2N2O3S. The quantitative estimate of drug-likeness (QED) is 0.758. The van der Waals surface area contributed by atoms with E-state index in [0.717, 1.165) is 48.3 Å². The van der Waals surface area contributed by atoms with Gasteiger partial charge in [0.05, 0.1) is 0 Å². The van der Waals surface area contributed by atoms with Gasteiger partial charge in [0.2, 0.25) is 10.0 Å². The standard InChI is InChI=1S/C15H22F2N2O3S/c16-13-5-4-6-14(17)15(13)23(21,22)19-10-8-18(9-11-19)7-2-1-3-12-20/h4-6,20H,1-3,7-12H2. The van der Waals surface area contributed by atoms with E-state index in [2.05, 4.69) is 4.90 Å². The van der Waals surface area contributed by atoms with Crippen LogP contribution < -0.4 is 0 Å². The van der Waals surface area contributed by atoms with Gasteiger partial charge in [-0.3, -0.25) is 0 Å². The van der Waals surface area contributed by atoms with Crippen LogP contribution in [0.1, 0.15) is 19.3 Å². The van der Waals surface area contributed by atoms with Crippen LogP contribution in [0.2, 0.25) is 0 Å². The molecule has 0 saturated carbocycles. The fraction of sp³-hybridized carbons (Fsp3) is 0.600. The van der Waals surface area contributed by atoms with Gasteiger partial charge in [-0.15, -0.1) is 0 Å². The van der Waals surface area contributed by atoms with E-state index in [1.165, 1.54) is 0 Å². The van der Waals surface area contributed by atoms with Gasteiger partial charge in [0.1, 0.15) is 11.6 Å². The second-order valence-corrected chi connectivity index (χ2v) is 7.46. The monoisotopic (exact) mass is 348 g/mol. The molecule has 1 fully saturated rings. The van der Waals surface area contributed by atoms with Crippen molar-refractivity contribution in [2.75, 3.05) is 39.3 Å². The summed E-state index contributed by atoms with van der Waals surface area (Å²) in [6.07, 6.45) is 2.63. The van der Waals surface area contributed by atoms with Gasteiger partial charge in [-0.05, 0) is 37.9 Å². The van der Waals surface area contributed by atoms with Crippen molar-refractivity contribution in [3.63, 3.8) is 0 Å². The maximum Gasteiger partial charge on any atom is 0.249 e. The van der Waals surface area contributed by atoms with E-state index in [9.17, 15) is 17.2 Å². The topological polar surface area (TPSA) is 60.9 Å². The summed E-state index contributed by atoms with van der Waals surface area (Å²) in [5.74, 6) is -2.12. The van der Waals surface area contributed by atoms with Gasteiger partial charge in [-0.25, -0.2) is 17.2 Å². The van der Waals surface area contributed by atoms with Crippen molar-refractivity contribution >= 4 is 10.0 Å². The normalized spacial score (nSPS) is 17.5. The number of halogens is 2. The van der Waals surface area contributed by atoms with E-state index in [1.54, 1.807) is 0 Å². The van der Waals surface area contributed by atoms with Crippen molar-refractivity contribution in [3.05, 3.63) is 29.8 Å². The molecule has 0 aromatic heterocycles. The van der Waals surface area contributed by atoms with Crippen LogP contribution in [0.25, 0.3) is 0 Å². The Bertz CT molecular complexity index is 597. The zero-order valence-corrected chi connectivity index (χ0v) is 13.7. The fourth-order valence-corrected chi connectivity index (χ4v) is 4.21. The summed E-state index contributed by atoms with van der Waals surface area (Å²) >= 11 is 0. The minimum absolute atomic E-state index is 0.181. The number of aliphatic hydroxyl groups excluding tert-OH is 1. The molecule has 0 bridgehead atoms. The van der Waals surface area contributed by atoms with E-state index in [1.807, 2.05) is 0 Å². The highest BCUT2D eigenvalue weighted by Gasteiger charge is 2.32. The molecule has 130 valence electrons. The van der Waals surface area contributed by atoms with Crippen LogP contribution in [0.3, 0.4) is 0 Å². The zero-order valence-electron chi connectivity index (χ0n) is 12.9. The van der Waals surface area contributed by atoms with Gasteiger partial charge in [0.15, 0.2) is 4.90 Å². The first-order chi connectivity index (χ1) is 11.0. The van der Waals surface area contributed by atoms with Crippen molar-refractivity contribution < 1.29 is 22.3 Å². The first kappa shape index (κ1) is 18.3. The molecule has 2 rings (SSSR count). The highest BCUT2D eigenvalue weighted by atomic mass is 32.2. The lowest BCUT2D eigenvalue weighted by Crippen LogP contribution is -2.49. The van der Waals surface area contributed by atoms with Gasteiger partial charge in [0, 0.05) is 32.8 Å². The molecular weight excluding hydrogens is 326 g/mol. The molecule has 0 spiro atoms. The van der Waals surface area contributed by atoms with Crippen LogP contribution in [0.15, 0.2) is 23.1 Å². The number of unbranched alkanes of at least 4 members (excludes halogenated alkanes) is 2. The first-order valence-corrected chi connectivity index (χ1v) is 9.18. The van der Waals surface area contributed by atoms with Crippen LogP contribution in [-0.2, 0) is 10.0 Å². The van der Waals surface area contributed by atoms with E-state index < -0.39 is 26.6 Å². The zero-order chi connectivity index (χ0) is 16.9. The summed E-state index contributed by atoms with van der Waals surface area (Å²) in [6, 6.07) is 3.05. The SMILES string of the molecule is O=S(=O)(c1c(F)cccc1F)N1CCN(CCCCCO)CC1. The molecule has 1 heterocycles. The Morgan fingerprint density at radius 2 is 1.61 bits per heavy atom. The molecule has 1 aliphatic rings. The highest BCUT2D eigenvalue weighted by molar-refractivity contribution is 7.89. The number of hydrogen-bond acceptors (Lipinski definition) is 4. The van der Waals surface area contributed by atoms with Gasteiger partial charge < -0.3 is 10.0 Å². The summed E-state index contributed by atoms with van der Waals surface area (Å²) < 4.78 is 53.5. The molecule has 0 radical (unpaired) electrons. The van der Waals surface area contributed by atoms with Crippen molar-refractivity contribution in [2.24, 2.45) is 0 Å². The second-order valence-electron chi connectivity index (χ2n) is 5.58. The summed E-state index contributed by atoms with van der Waals surface area (Å²) in [4.78, 5) is 1.26. The largest absolute Gasteiger partial charge is 0.396 e. The van der Waals surface area contributed by atoms with Crippen molar-refractivity contribution in [3.8, 4) is 0 Å². The number of piperazine rings is 1. The van der Waals surface area contributed by atoms with Crippen molar-refractivity contribution in [1.29, 1.82) is 0 Å². The molecule has 1 aliphatic heterocycles. The van der Waals surface area contributed by atoms with Gasteiger partial charge in [-0.2, -0.15) is 4.31 Å². The average molecular weight is 348 g/mol. The molecule has 1 aromatic carbocycles. The Morgan fingerprint density at radius 3 is 2.17 bits per heavy atom. The van der Waals surface area contributed by atoms with Gasteiger partial charge >= 0.3 is 0 Å². The van der Waals surface area contributed by atoms with Crippen LogP contribution in [0.5, 0.6) is 0 Å². The van der Waals surface area contributed by atoms with E-state index in [4.69, 9.17) is 5.11 Å². The van der Waals surface area contributed by atoms with E-state index in [-0.39, 0.29) is 19.7 Å². The Balaban J connectivity index is 1.96. The maximum absolute atomic E-state index is 13.7. The van der Waals surface area contributed by atoms with Crippen molar-refractivity contribution in [1.82, 2.24) is 9.21 Å². The lowest BCUT2D eigenvalue weighted by atomic mass is 10.2. The van der Waals surface area contributed by atoms with Crippen LogP contribution >= 0.6 is 0 Å². The molecule has 1 saturated heterocycles. The lowest BCUT2D eigenvalue weighted by Gasteiger charge is -2.34. The summed E-state index contributed by atoms with van der Waals surface area (Å²) in [6.45, 7) is 2.53. The maximum atomic E-state index is 13.7. The number of benzene rings is 1. The molecule has 0 aliphatic carbocycles. The molecule has 1 N–H and O–H groups in total. The lowest BCUT2D eigenvalue weighted by molar-refractivity contribution is 0.183. The highest BCUT2D eigenvalue weighted by Crippen LogP contribution is 2.23. The molecule has 1 aromatic rings. The summed E-state index contributed by atoms with van der Waals surface area (Å²) in [5, 5.41) is 8.73. The van der Waals surface area contributed by atoms with Crippen LogP contribution in [0, 0.1) is 11.6 Å².